The summed E-state index contributed by atoms with van der Waals surface area (Å²) in [5, 5.41) is 2.04. The highest BCUT2D eigenvalue weighted by Gasteiger charge is 2.53. The third kappa shape index (κ3) is 3.59. The van der Waals surface area contributed by atoms with E-state index in [1.165, 1.54) is 16.7 Å². The summed E-state index contributed by atoms with van der Waals surface area (Å²) in [6.45, 7) is -0.453. The Balaban J connectivity index is 2.19. The van der Waals surface area contributed by atoms with Gasteiger partial charge in [-0.3, -0.25) is 14.5 Å². The highest BCUT2D eigenvalue weighted by Crippen LogP contribution is 2.41. The molecule has 122 valence electrons. The van der Waals surface area contributed by atoms with Gasteiger partial charge < -0.3 is 10.1 Å². The molecule has 2 aliphatic rings. The van der Waals surface area contributed by atoms with Crippen LogP contribution in [0.4, 0.5) is 0 Å². The molecule has 0 aromatic heterocycles. The summed E-state index contributed by atoms with van der Waals surface area (Å²) < 4.78 is 3.18. The summed E-state index contributed by atoms with van der Waals surface area (Å²) in [5.74, 6) is -0.696. The van der Waals surface area contributed by atoms with Crippen LogP contribution < -0.4 is 5.32 Å². The second-order valence-electron chi connectivity index (χ2n) is 4.45. The molecule has 0 spiro atoms. The second-order valence-corrected chi connectivity index (χ2v) is 8.34. The molecule has 2 rings (SSSR count). The highest BCUT2D eigenvalue weighted by atomic mass is 35.6. The number of rotatable bonds is 5. The molecular weight excluding hydrogens is 398 g/mol. The van der Waals surface area contributed by atoms with Crippen LogP contribution in [0.5, 0.6) is 0 Å². The molecule has 0 unspecified atom stereocenters. The summed E-state index contributed by atoms with van der Waals surface area (Å²) >= 11 is 23.8. The number of amides is 2. The minimum atomic E-state index is -1.75. The number of nitrogens with zero attached hydrogens (tertiary/aromatic N) is 1. The fourth-order valence-corrected chi connectivity index (χ4v) is 3.94. The summed E-state index contributed by atoms with van der Waals surface area (Å²) in [5.41, 5.74) is 0.608. The van der Waals surface area contributed by atoms with E-state index in [4.69, 9.17) is 51.1 Å². The van der Waals surface area contributed by atoms with E-state index in [0.29, 0.717) is 17.7 Å². The number of nitrogens with one attached hydrogen (secondary N) is 1. The van der Waals surface area contributed by atoms with Crippen LogP contribution in [0.2, 0.25) is 0 Å². The molecule has 0 aromatic carbocycles. The molecule has 0 aromatic rings. The van der Waals surface area contributed by atoms with Crippen LogP contribution in [-0.2, 0) is 19.1 Å². The van der Waals surface area contributed by atoms with Crippen molar-refractivity contribution in [3.63, 3.8) is 0 Å². The summed E-state index contributed by atoms with van der Waals surface area (Å²) in [6, 6.07) is -0.671. The maximum Gasteiger partial charge on any atom is 0.355 e. The van der Waals surface area contributed by atoms with E-state index in [-0.39, 0.29) is 17.0 Å². The smallest absolute Gasteiger partial charge is 0.355 e. The van der Waals surface area contributed by atoms with Crippen molar-refractivity contribution in [1.82, 2.24) is 10.2 Å². The Morgan fingerprint density at radius 1 is 1.50 bits per heavy atom. The van der Waals surface area contributed by atoms with Crippen molar-refractivity contribution in [2.45, 2.75) is 15.2 Å². The number of thioether (sulfide) groups is 1. The average molecular weight is 408 g/mol. The van der Waals surface area contributed by atoms with E-state index in [1.54, 1.807) is 0 Å². The van der Waals surface area contributed by atoms with Gasteiger partial charge in [-0.05, 0) is 5.57 Å². The van der Waals surface area contributed by atoms with E-state index >= 15 is 0 Å². The van der Waals surface area contributed by atoms with Gasteiger partial charge in [-0.15, -0.1) is 23.4 Å². The van der Waals surface area contributed by atoms with Gasteiger partial charge in [0, 0.05) is 11.6 Å². The fourth-order valence-electron chi connectivity index (χ4n) is 2.08. The minimum Gasteiger partial charge on any atom is -0.456 e. The molecule has 0 radical (unpaired) electrons. The zero-order valence-corrected chi connectivity index (χ0v) is 14.7. The second kappa shape index (κ2) is 7.05. The van der Waals surface area contributed by atoms with Crippen molar-refractivity contribution in [2.24, 2.45) is 0 Å². The Bertz CT molecular complexity index is 537. The lowest BCUT2D eigenvalue weighted by atomic mass is 10.0. The monoisotopic (exact) mass is 406 g/mol. The first-order valence-electron chi connectivity index (χ1n) is 5.96. The van der Waals surface area contributed by atoms with Crippen LogP contribution in [0.15, 0.2) is 11.3 Å². The average Bonchev–Trinajstić information content (AvgIpc) is 2.47. The largest absolute Gasteiger partial charge is 0.456 e. The quantitative estimate of drug-likeness (QED) is 0.323. The summed E-state index contributed by atoms with van der Waals surface area (Å²) in [4.78, 5) is 36.1. The number of esters is 1. The Morgan fingerprint density at radius 2 is 2.18 bits per heavy atom. The molecule has 22 heavy (non-hydrogen) atoms. The van der Waals surface area contributed by atoms with E-state index in [9.17, 15) is 14.4 Å². The van der Waals surface area contributed by atoms with Crippen molar-refractivity contribution in [3.8, 4) is 0 Å². The molecule has 1 N–H and O–H groups in total. The lowest BCUT2D eigenvalue weighted by Crippen LogP contribution is -2.69. The maximum atomic E-state index is 12.2. The van der Waals surface area contributed by atoms with Gasteiger partial charge in [0.2, 0.25) is 10.2 Å². The number of carbonyl (C=O) groups is 3. The number of ether oxygens (including phenoxy) is 1. The number of β-lactam (4-membered cyclic amide) rings is 1. The number of carbonyl (C=O) groups excluding carboxylic acids is 3. The zero-order chi connectivity index (χ0) is 16.5. The molecule has 2 amide bonds. The molecular formula is C11H10Cl4N2O4S. The van der Waals surface area contributed by atoms with Crippen molar-refractivity contribution >= 4 is 76.5 Å². The first-order chi connectivity index (χ1) is 10.3. The van der Waals surface area contributed by atoms with Crippen LogP contribution in [0.3, 0.4) is 0 Å². The van der Waals surface area contributed by atoms with E-state index < -0.39 is 28.3 Å². The van der Waals surface area contributed by atoms with Gasteiger partial charge in [-0.25, -0.2) is 4.79 Å². The van der Waals surface area contributed by atoms with Crippen LogP contribution in [0.1, 0.15) is 0 Å². The van der Waals surface area contributed by atoms with E-state index in [2.05, 4.69) is 5.32 Å². The predicted molar refractivity (Wildman–Crippen MR) is 85.1 cm³/mol. The Labute approximate surface area is 150 Å². The highest BCUT2D eigenvalue weighted by molar-refractivity contribution is 8.00. The molecule has 11 heteroatoms. The van der Waals surface area contributed by atoms with Crippen LogP contribution in [0, 0.1) is 0 Å². The van der Waals surface area contributed by atoms with Crippen molar-refractivity contribution in [1.29, 1.82) is 0 Å². The number of fused-ring (bicyclic) bond motifs is 1. The Hall–Kier alpha value is -0.340. The first kappa shape index (κ1) is 18.0. The topological polar surface area (TPSA) is 75.7 Å². The third-order valence-electron chi connectivity index (χ3n) is 3.02. The molecule has 1 saturated heterocycles. The standard InChI is InChI=1S/C11H10Cl4N2O4S/c12-1-5-2-22-9-6(16-4-18)8(19)17(9)7(5)10(20)21-3-11(13,14)15/h4,6,9H,1-3H2,(H,16,18)/t6-,9-/m1/s1. The van der Waals surface area contributed by atoms with Crippen molar-refractivity contribution < 1.29 is 19.1 Å². The molecule has 0 bridgehead atoms. The fraction of sp³-hybridized carbons (Fsp3) is 0.545. The number of hydrogen-bond donors (Lipinski definition) is 1. The molecule has 6 nitrogen and oxygen atoms in total. The van der Waals surface area contributed by atoms with E-state index in [0.717, 1.165) is 0 Å². The molecule has 0 saturated carbocycles. The molecule has 0 aliphatic carbocycles. The van der Waals surface area contributed by atoms with Gasteiger partial charge in [0.15, 0.2) is 0 Å². The predicted octanol–water partition coefficient (Wildman–Crippen LogP) is 1.42. The SMILES string of the molecule is O=CN[C@@H]1C(=O)N2C(C(=O)OCC(Cl)(Cl)Cl)=C(CCl)CS[C@H]12. The minimum absolute atomic E-state index is 0.0574. The molecule has 1 fully saturated rings. The van der Waals surface area contributed by atoms with Gasteiger partial charge >= 0.3 is 5.97 Å². The van der Waals surface area contributed by atoms with Crippen molar-refractivity contribution in [3.05, 3.63) is 11.3 Å². The molecule has 2 aliphatic heterocycles. The van der Waals surface area contributed by atoms with Gasteiger partial charge in [-0.1, -0.05) is 34.8 Å². The van der Waals surface area contributed by atoms with Gasteiger partial charge in [0.05, 0.1) is 0 Å². The Kier molecular flexibility index (Phi) is 5.77. The summed E-state index contributed by atoms with van der Waals surface area (Å²) in [6.07, 6.45) is 0.447. The number of hydrogen-bond acceptors (Lipinski definition) is 5. The normalized spacial score (nSPS) is 24.5. The van der Waals surface area contributed by atoms with Gasteiger partial charge in [-0.2, -0.15) is 0 Å². The van der Waals surface area contributed by atoms with Gasteiger partial charge in [0.1, 0.15) is 23.7 Å². The zero-order valence-electron chi connectivity index (χ0n) is 10.9. The third-order valence-corrected chi connectivity index (χ3v) is 5.01. The summed E-state index contributed by atoms with van der Waals surface area (Å²) in [7, 11) is 0. The Morgan fingerprint density at radius 3 is 2.73 bits per heavy atom. The maximum absolute atomic E-state index is 12.2. The molecule has 2 atom stereocenters. The number of alkyl halides is 4. The van der Waals surface area contributed by atoms with Crippen molar-refractivity contribution in [2.75, 3.05) is 18.2 Å². The lowest BCUT2D eigenvalue weighted by molar-refractivity contribution is -0.152. The molecule has 2 heterocycles. The van der Waals surface area contributed by atoms with Gasteiger partial charge in [0.25, 0.3) is 5.91 Å². The van der Waals surface area contributed by atoms with Crippen LogP contribution >= 0.6 is 58.2 Å². The van der Waals surface area contributed by atoms with E-state index in [1.807, 2.05) is 0 Å². The number of halogens is 4. The first-order valence-corrected chi connectivity index (χ1v) is 8.68. The van der Waals surface area contributed by atoms with Crippen LogP contribution in [-0.4, -0.2) is 56.6 Å². The lowest BCUT2D eigenvalue weighted by Gasteiger charge is -2.49. The van der Waals surface area contributed by atoms with Crippen LogP contribution in [0.25, 0.3) is 0 Å².